The molecular formula is C10H7FN2OS. The van der Waals surface area contributed by atoms with Crippen LogP contribution in [-0.2, 0) is 0 Å². The van der Waals surface area contributed by atoms with E-state index in [1.807, 2.05) is 0 Å². The van der Waals surface area contributed by atoms with E-state index in [1.54, 1.807) is 13.0 Å². The summed E-state index contributed by atoms with van der Waals surface area (Å²) in [6.07, 6.45) is 1.39. The normalized spacial score (nSPS) is 10.3. The molecule has 0 spiro atoms. The van der Waals surface area contributed by atoms with Gasteiger partial charge in [-0.05, 0) is 36.7 Å². The van der Waals surface area contributed by atoms with E-state index in [-0.39, 0.29) is 5.69 Å². The van der Waals surface area contributed by atoms with Crippen molar-refractivity contribution in [1.82, 2.24) is 9.36 Å². The first-order chi connectivity index (χ1) is 7.18. The third-order valence-electron chi connectivity index (χ3n) is 1.83. The summed E-state index contributed by atoms with van der Waals surface area (Å²) in [6, 6.07) is 4.29. The van der Waals surface area contributed by atoms with Gasteiger partial charge in [-0.25, -0.2) is 9.37 Å². The van der Waals surface area contributed by atoms with E-state index in [0.717, 1.165) is 17.2 Å². The Kier molecular flexibility index (Phi) is 2.55. The van der Waals surface area contributed by atoms with Crippen LogP contribution in [0.25, 0.3) is 0 Å². The Morgan fingerprint density at radius 1 is 1.53 bits per heavy atom. The molecule has 0 aromatic carbocycles. The van der Waals surface area contributed by atoms with Gasteiger partial charge in [0, 0.05) is 6.20 Å². The SMILES string of the molecule is Cc1cc(C(=O)c2ncccc2F)sn1. The molecule has 2 aromatic heterocycles. The number of carbonyl (C=O) groups excluding carboxylic acids is 1. The van der Waals surface area contributed by atoms with Crippen molar-refractivity contribution in [2.24, 2.45) is 0 Å². The van der Waals surface area contributed by atoms with E-state index in [4.69, 9.17) is 0 Å². The molecule has 0 saturated heterocycles. The predicted molar refractivity (Wildman–Crippen MR) is 54.5 cm³/mol. The number of pyridine rings is 1. The van der Waals surface area contributed by atoms with Crippen LogP contribution in [0.2, 0.25) is 0 Å². The number of nitrogens with zero attached hydrogens (tertiary/aromatic N) is 2. The molecule has 15 heavy (non-hydrogen) atoms. The lowest BCUT2D eigenvalue weighted by molar-refractivity contribution is 0.103. The Balaban J connectivity index is 2.41. The van der Waals surface area contributed by atoms with Crippen molar-refractivity contribution in [3.05, 3.63) is 46.5 Å². The van der Waals surface area contributed by atoms with Gasteiger partial charge >= 0.3 is 0 Å². The van der Waals surface area contributed by atoms with E-state index in [2.05, 4.69) is 9.36 Å². The summed E-state index contributed by atoms with van der Waals surface area (Å²) in [5.74, 6) is -1.02. The maximum atomic E-state index is 13.2. The van der Waals surface area contributed by atoms with Crippen LogP contribution in [0.5, 0.6) is 0 Å². The van der Waals surface area contributed by atoms with Crippen LogP contribution < -0.4 is 0 Å². The summed E-state index contributed by atoms with van der Waals surface area (Å²) in [6.45, 7) is 1.78. The predicted octanol–water partition coefficient (Wildman–Crippen LogP) is 2.22. The molecule has 0 N–H and O–H groups in total. The maximum absolute atomic E-state index is 13.2. The van der Waals surface area contributed by atoms with Crippen LogP contribution in [0.4, 0.5) is 4.39 Å². The van der Waals surface area contributed by atoms with Gasteiger partial charge in [0.25, 0.3) is 0 Å². The second kappa shape index (κ2) is 3.86. The minimum absolute atomic E-state index is 0.152. The zero-order valence-corrected chi connectivity index (χ0v) is 8.71. The molecule has 76 valence electrons. The molecule has 2 rings (SSSR count). The Morgan fingerprint density at radius 3 is 2.93 bits per heavy atom. The molecule has 0 radical (unpaired) electrons. The lowest BCUT2D eigenvalue weighted by atomic mass is 10.2. The van der Waals surface area contributed by atoms with Crippen LogP contribution in [0.15, 0.2) is 24.4 Å². The molecule has 0 saturated carbocycles. The lowest BCUT2D eigenvalue weighted by Crippen LogP contribution is -2.04. The fraction of sp³-hybridized carbons (Fsp3) is 0.100. The monoisotopic (exact) mass is 222 g/mol. The van der Waals surface area contributed by atoms with Gasteiger partial charge < -0.3 is 0 Å². The Bertz CT molecular complexity index is 510. The number of halogens is 1. The zero-order chi connectivity index (χ0) is 10.8. The molecular weight excluding hydrogens is 215 g/mol. The summed E-state index contributed by atoms with van der Waals surface area (Å²) in [5.41, 5.74) is 0.598. The van der Waals surface area contributed by atoms with E-state index in [9.17, 15) is 9.18 Å². The van der Waals surface area contributed by atoms with Crippen molar-refractivity contribution >= 4 is 17.3 Å². The Morgan fingerprint density at radius 2 is 2.33 bits per heavy atom. The summed E-state index contributed by atoms with van der Waals surface area (Å²) in [5, 5.41) is 0. The van der Waals surface area contributed by atoms with Crippen molar-refractivity contribution in [1.29, 1.82) is 0 Å². The standard InChI is InChI=1S/C10H7FN2OS/c1-6-5-8(15-13-6)10(14)9-7(11)3-2-4-12-9/h2-5H,1H3. The molecule has 5 heteroatoms. The fourth-order valence-corrected chi connectivity index (χ4v) is 1.84. The average Bonchev–Trinajstić information content (AvgIpc) is 2.65. The van der Waals surface area contributed by atoms with Crippen molar-refractivity contribution in [3.63, 3.8) is 0 Å². The van der Waals surface area contributed by atoms with Gasteiger partial charge in [0.2, 0.25) is 5.78 Å². The highest BCUT2D eigenvalue weighted by atomic mass is 32.1. The summed E-state index contributed by atoms with van der Waals surface area (Å²) in [4.78, 5) is 15.9. The number of aryl methyl sites for hydroxylation is 1. The first-order valence-corrected chi connectivity index (χ1v) is 5.04. The number of ketones is 1. The van der Waals surface area contributed by atoms with Gasteiger partial charge in [-0.1, -0.05) is 0 Å². The van der Waals surface area contributed by atoms with Gasteiger partial charge in [-0.15, -0.1) is 0 Å². The summed E-state index contributed by atoms with van der Waals surface area (Å²) >= 11 is 1.05. The van der Waals surface area contributed by atoms with Crippen LogP contribution in [0.3, 0.4) is 0 Å². The highest BCUT2D eigenvalue weighted by molar-refractivity contribution is 7.08. The minimum atomic E-state index is -0.603. The topological polar surface area (TPSA) is 42.9 Å². The number of carbonyl (C=O) groups is 1. The second-order valence-corrected chi connectivity index (χ2v) is 3.80. The van der Waals surface area contributed by atoms with Gasteiger partial charge in [0.05, 0.1) is 10.6 Å². The number of hydrogen-bond donors (Lipinski definition) is 0. The van der Waals surface area contributed by atoms with E-state index in [0.29, 0.717) is 4.88 Å². The molecule has 0 aliphatic rings. The second-order valence-electron chi connectivity index (χ2n) is 3.00. The van der Waals surface area contributed by atoms with E-state index >= 15 is 0 Å². The number of rotatable bonds is 2. The largest absolute Gasteiger partial charge is 0.286 e. The molecule has 0 aliphatic carbocycles. The zero-order valence-electron chi connectivity index (χ0n) is 7.90. The number of hydrogen-bond acceptors (Lipinski definition) is 4. The van der Waals surface area contributed by atoms with Gasteiger partial charge in [-0.3, -0.25) is 4.79 Å². The average molecular weight is 222 g/mol. The number of aromatic nitrogens is 2. The first kappa shape index (κ1) is 9.92. The molecule has 0 amide bonds. The lowest BCUT2D eigenvalue weighted by Gasteiger charge is -1.96. The molecule has 0 fully saturated rings. The molecule has 0 atom stereocenters. The quantitative estimate of drug-likeness (QED) is 0.732. The smallest absolute Gasteiger partial charge is 0.225 e. The van der Waals surface area contributed by atoms with Crippen molar-refractivity contribution < 1.29 is 9.18 Å². The van der Waals surface area contributed by atoms with Crippen molar-refractivity contribution in [2.75, 3.05) is 0 Å². The van der Waals surface area contributed by atoms with Crippen LogP contribution >= 0.6 is 11.5 Å². The van der Waals surface area contributed by atoms with Gasteiger partial charge in [-0.2, -0.15) is 4.37 Å². The van der Waals surface area contributed by atoms with Crippen LogP contribution in [0, 0.1) is 12.7 Å². The summed E-state index contributed by atoms with van der Waals surface area (Å²) < 4.78 is 17.2. The first-order valence-electron chi connectivity index (χ1n) is 4.27. The molecule has 0 aliphatic heterocycles. The fourth-order valence-electron chi connectivity index (χ4n) is 1.14. The summed E-state index contributed by atoms with van der Waals surface area (Å²) in [7, 11) is 0. The third kappa shape index (κ3) is 1.92. The van der Waals surface area contributed by atoms with E-state index in [1.165, 1.54) is 18.3 Å². The molecule has 0 unspecified atom stereocenters. The van der Waals surface area contributed by atoms with Crippen LogP contribution in [-0.4, -0.2) is 15.1 Å². The van der Waals surface area contributed by atoms with Gasteiger partial charge in [0.15, 0.2) is 5.82 Å². The molecule has 3 nitrogen and oxygen atoms in total. The molecule has 2 aromatic rings. The molecule has 2 heterocycles. The van der Waals surface area contributed by atoms with Crippen molar-refractivity contribution in [2.45, 2.75) is 6.92 Å². The van der Waals surface area contributed by atoms with E-state index < -0.39 is 11.6 Å². The molecule has 0 bridgehead atoms. The van der Waals surface area contributed by atoms with Crippen LogP contribution in [0.1, 0.15) is 21.1 Å². The van der Waals surface area contributed by atoms with Crippen molar-refractivity contribution in [3.8, 4) is 0 Å². The minimum Gasteiger partial charge on any atom is -0.286 e. The highest BCUT2D eigenvalue weighted by Crippen LogP contribution is 2.15. The third-order valence-corrected chi connectivity index (χ3v) is 2.70. The highest BCUT2D eigenvalue weighted by Gasteiger charge is 2.17. The maximum Gasteiger partial charge on any atom is 0.225 e. The Hall–Kier alpha value is -1.62. The Labute approximate surface area is 89.8 Å². The van der Waals surface area contributed by atoms with Gasteiger partial charge in [0.1, 0.15) is 5.69 Å².